The van der Waals surface area contributed by atoms with Crippen LogP contribution in [0.25, 0.3) is 6.08 Å². The predicted molar refractivity (Wildman–Crippen MR) is 67.9 cm³/mol. The van der Waals surface area contributed by atoms with Crippen LogP contribution in [-0.2, 0) is 5.41 Å². The molecular weight excluding hydrogens is 216 g/mol. The Morgan fingerprint density at radius 3 is 2.35 bits per heavy atom. The van der Waals surface area contributed by atoms with E-state index in [1.807, 2.05) is 27.7 Å². The third-order valence-corrected chi connectivity index (χ3v) is 2.51. The van der Waals surface area contributed by atoms with Crippen LogP contribution >= 0.6 is 0 Å². The summed E-state index contributed by atoms with van der Waals surface area (Å²) in [6.45, 7) is 9.75. The van der Waals surface area contributed by atoms with E-state index in [1.165, 1.54) is 0 Å². The molecule has 0 aliphatic rings. The number of rotatable bonds is 2. The van der Waals surface area contributed by atoms with Crippen LogP contribution in [0.5, 0.6) is 5.75 Å². The summed E-state index contributed by atoms with van der Waals surface area (Å²) in [5, 5.41) is 11.9. The first-order valence-electron chi connectivity index (χ1n) is 5.64. The standard InChI is InChI=1S/C13H20N2O2/c1-7-8-10-14-12(13(3,4)5)11(17-6)9(2)15(10)16/h7-8H,1-6H3/b8-7+. The normalized spacial score (nSPS) is 12.1. The van der Waals surface area contributed by atoms with Gasteiger partial charge in [0.1, 0.15) is 5.69 Å². The highest BCUT2D eigenvalue weighted by Gasteiger charge is 2.30. The van der Waals surface area contributed by atoms with Crippen molar-refractivity contribution in [3.63, 3.8) is 0 Å². The van der Waals surface area contributed by atoms with Gasteiger partial charge in [-0.1, -0.05) is 26.8 Å². The molecule has 4 nitrogen and oxygen atoms in total. The van der Waals surface area contributed by atoms with E-state index >= 15 is 0 Å². The maximum absolute atomic E-state index is 11.9. The lowest BCUT2D eigenvalue weighted by Crippen LogP contribution is -2.37. The highest BCUT2D eigenvalue weighted by atomic mass is 16.5. The molecule has 0 aliphatic carbocycles. The van der Waals surface area contributed by atoms with Crippen LogP contribution in [-0.4, -0.2) is 12.1 Å². The third-order valence-electron chi connectivity index (χ3n) is 2.51. The summed E-state index contributed by atoms with van der Waals surface area (Å²) < 4.78 is 6.11. The molecule has 0 radical (unpaired) electrons. The van der Waals surface area contributed by atoms with Gasteiger partial charge in [0.15, 0.2) is 0 Å². The molecule has 1 aromatic heterocycles. The van der Waals surface area contributed by atoms with Gasteiger partial charge in [-0.05, 0) is 11.9 Å². The molecule has 0 aromatic carbocycles. The van der Waals surface area contributed by atoms with Gasteiger partial charge in [0.25, 0.3) is 0 Å². The molecule has 0 amide bonds. The van der Waals surface area contributed by atoms with Crippen molar-refractivity contribution in [3.05, 3.63) is 28.5 Å². The van der Waals surface area contributed by atoms with Crippen LogP contribution in [0.4, 0.5) is 0 Å². The molecular formula is C13H20N2O2. The summed E-state index contributed by atoms with van der Waals surface area (Å²) in [4.78, 5) is 4.40. The van der Waals surface area contributed by atoms with E-state index in [9.17, 15) is 5.21 Å². The van der Waals surface area contributed by atoms with Crippen molar-refractivity contribution in [2.75, 3.05) is 7.11 Å². The first-order valence-corrected chi connectivity index (χ1v) is 5.64. The molecule has 1 aromatic rings. The maximum atomic E-state index is 11.9. The fraction of sp³-hybridized carbons (Fsp3) is 0.538. The maximum Gasteiger partial charge on any atom is 0.326 e. The van der Waals surface area contributed by atoms with Crippen molar-refractivity contribution >= 4 is 6.08 Å². The zero-order valence-electron chi connectivity index (χ0n) is 11.4. The Bertz CT molecular complexity index is 446. The molecule has 4 heteroatoms. The fourth-order valence-corrected chi connectivity index (χ4v) is 1.65. The van der Waals surface area contributed by atoms with Gasteiger partial charge in [-0.25, -0.2) is 4.73 Å². The van der Waals surface area contributed by atoms with Gasteiger partial charge in [-0.3, -0.25) is 0 Å². The van der Waals surface area contributed by atoms with E-state index in [4.69, 9.17) is 4.74 Å². The van der Waals surface area contributed by atoms with Crippen molar-refractivity contribution < 1.29 is 9.47 Å². The largest absolute Gasteiger partial charge is 0.710 e. The summed E-state index contributed by atoms with van der Waals surface area (Å²) in [5.74, 6) is 0.969. The van der Waals surface area contributed by atoms with Crippen molar-refractivity contribution in [2.45, 2.75) is 40.0 Å². The van der Waals surface area contributed by atoms with E-state index in [0.29, 0.717) is 17.3 Å². The molecule has 0 bridgehead atoms. The fourth-order valence-electron chi connectivity index (χ4n) is 1.65. The van der Waals surface area contributed by atoms with E-state index in [1.54, 1.807) is 26.2 Å². The zero-order chi connectivity index (χ0) is 13.2. The lowest BCUT2D eigenvalue weighted by Gasteiger charge is -2.20. The molecule has 1 rings (SSSR count). The third kappa shape index (κ3) is 2.57. The predicted octanol–water partition coefficient (Wildman–Crippen LogP) is 2.36. The van der Waals surface area contributed by atoms with Gasteiger partial charge >= 0.3 is 5.82 Å². The monoisotopic (exact) mass is 236 g/mol. The Morgan fingerprint density at radius 2 is 1.94 bits per heavy atom. The van der Waals surface area contributed by atoms with Crippen molar-refractivity contribution in [1.29, 1.82) is 0 Å². The molecule has 0 fully saturated rings. The van der Waals surface area contributed by atoms with Crippen LogP contribution in [0.3, 0.4) is 0 Å². The van der Waals surface area contributed by atoms with E-state index in [-0.39, 0.29) is 5.41 Å². The van der Waals surface area contributed by atoms with Crippen LogP contribution in [0, 0.1) is 12.1 Å². The highest BCUT2D eigenvalue weighted by molar-refractivity contribution is 5.41. The molecule has 0 atom stereocenters. The minimum absolute atomic E-state index is 0.166. The van der Waals surface area contributed by atoms with Crippen LogP contribution < -0.4 is 9.47 Å². The van der Waals surface area contributed by atoms with Crippen LogP contribution in [0.2, 0.25) is 0 Å². The molecule has 0 spiro atoms. The molecule has 94 valence electrons. The minimum atomic E-state index is -0.166. The number of hydrogen-bond acceptors (Lipinski definition) is 3. The topological polar surface area (TPSA) is 49.1 Å². The summed E-state index contributed by atoms with van der Waals surface area (Å²) in [6.07, 6.45) is 3.50. The second-order valence-electron chi connectivity index (χ2n) is 4.98. The Labute approximate surface area is 103 Å². The number of nitrogens with zero attached hydrogens (tertiary/aromatic N) is 2. The number of methoxy groups -OCH3 is 1. The van der Waals surface area contributed by atoms with E-state index < -0.39 is 0 Å². The average molecular weight is 236 g/mol. The van der Waals surface area contributed by atoms with E-state index in [0.717, 1.165) is 10.4 Å². The first kappa shape index (κ1) is 13.5. The summed E-state index contributed by atoms with van der Waals surface area (Å²) in [6, 6.07) is 0. The molecule has 0 saturated heterocycles. The van der Waals surface area contributed by atoms with Gasteiger partial charge in [0, 0.05) is 18.4 Å². The molecule has 0 saturated carbocycles. The van der Waals surface area contributed by atoms with Gasteiger partial charge in [-0.2, -0.15) is 0 Å². The van der Waals surface area contributed by atoms with Crippen molar-refractivity contribution in [1.82, 2.24) is 4.98 Å². The lowest BCUT2D eigenvalue weighted by molar-refractivity contribution is -0.618. The molecule has 17 heavy (non-hydrogen) atoms. The molecule has 0 N–H and O–H groups in total. The van der Waals surface area contributed by atoms with Gasteiger partial charge < -0.3 is 9.94 Å². The second kappa shape index (κ2) is 4.73. The Kier molecular flexibility index (Phi) is 3.76. The summed E-state index contributed by atoms with van der Waals surface area (Å²) >= 11 is 0. The number of ether oxygens (including phenoxy) is 1. The molecule has 1 heterocycles. The minimum Gasteiger partial charge on any atom is -0.710 e. The highest BCUT2D eigenvalue weighted by Crippen LogP contribution is 2.30. The smallest absolute Gasteiger partial charge is 0.326 e. The average Bonchev–Trinajstić information content (AvgIpc) is 2.23. The molecule has 0 unspecified atom stereocenters. The van der Waals surface area contributed by atoms with Crippen LogP contribution in [0.1, 0.15) is 44.9 Å². The summed E-state index contributed by atoms with van der Waals surface area (Å²) in [7, 11) is 1.56. The van der Waals surface area contributed by atoms with Crippen molar-refractivity contribution in [3.8, 4) is 5.75 Å². The number of hydrogen-bond donors (Lipinski definition) is 0. The Balaban J connectivity index is 3.59. The Morgan fingerprint density at radius 1 is 1.35 bits per heavy atom. The number of aromatic nitrogens is 2. The molecule has 0 aliphatic heterocycles. The zero-order valence-corrected chi connectivity index (χ0v) is 11.4. The lowest BCUT2D eigenvalue weighted by atomic mass is 9.90. The first-order chi connectivity index (χ1) is 7.82. The SMILES string of the molecule is C/C=C/c1nc(C(C)(C)C)c(OC)c(C)[n+]1[O-]. The second-order valence-corrected chi connectivity index (χ2v) is 4.98. The van der Waals surface area contributed by atoms with E-state index in [2.05, 4.69) is 4.98 Å². The Hall–Kier alpha value is -1.58. The van der Waals surface area contributed by atoms with Gasteiger partial charge in [0.2, 0.25) is 11.4 Å². The van der Waals surface area contributed by atoms with Gasteiger partial charge in [-0.15, -0.1) is 0 Å². The van der Waals surface area contributed by atoms with Crippen molar-refractivity contribution in [2.24, 2.45) is 0 Å². The number of allylic oxidation sites excluding steroid dienone is 1. The quantitative estimate of drug-likeness (QED) is 0.585. The summed E-state index contributed by atoms with van der Waals surface area (Å²) in [5.41, 5.74) is 1.18. The van der Waals surface area contributed by atoms with Crippen LogP contribution in [0.15, 0.2) is 6.08 Å². The van der Waals surface area contributed by atoms with Gasteiger partial charge in [0.05, 0.1) is 7.11 Å².